The van der Waals surface area contributed by atoms with E-state index in [9.17, 15) is 14.4 Å². The maximum Gasteiger partial charge on any atom is 0.321 e. The average molecular weight is 366 g/mol. The van der Waals surface area contributed by atoms with Gasteiger partial charge in [0.25, 0.3) is 5.91 Å². The second kappa shape index (κ2) is 8.35. The highest BCUT2D eigenvalue weighted by molar-refractivity contribution is 5.99. The van der Waals surface area contributed by atoms with Crippen molar-refractivity contribution in [2.24, 2.45) is 0 Å². The van der Waals surface area contributed by atoms with Gasteiger partial charge in [-0.3, -0.25) is 14.9 Å². The number of carbonyl (C=O) groups is 3. The monoisotopic (exact) mass is 366 g/mol. The average Bonchev–Trinajstić information content (AvgIpc) is 3.13. The summed E-state index contributed by atoms with van der Waals surface area (Å²) in [5.74, 6) is -0.331. The van der Waals surface area contributed by atoms with Gasteiger partial charge < -0.3 is 15.5 Å². The van der Waals surface area contributed by atoms with Crippen LogP contribution in [0.4, 0.5) is 16.2 Å². The Kier molecular flexibility index (Phi) is 5.71. The van der Waals surface area contributed by atoms with Crippen molar-refractivity contribution in [3.63, 3.8) is 0 Å². The molecule has 0 saturated carbocycles. The van der Waals surface area contributed by atoms with Crippen LogP contribution >= 0.6 is 0 Å². The van der Waals surface area contributed by atoms with Crippen LogP contribution in [-0.2, 0) is 9.59 Å². The number of urea groups is 1. The van der Waals surface area contributed by atoms with Gasteiger partial charge in [-0.2, -0.15) is 0 Å². The molecule has 0 unspecified atom stereocenters. The fraction of sp³-hybridized carbons (Fsp3) is 0.250. The molecule has 7 heteroatoms. The number of anilines is 2. The number of hydrogen-bond donors (Lipinski definition) is 3. The van der Waals surface area contributed by atoms with Crippen molar-refractivity contribution in [2.75, 3.05) is 23.8 Å². The molecular formula is C20H22N4O3. The molecule has 0 radical (unpaired) electrons. The maximum atomic E-state index is 12.5. The first-order valence-electron chi connectivity index (χ1n) is 8.83. The summed E-state index contributed by atoms with van der Waals surface area (Å²) in [6.45, 7) is 0.729. The van der Waals surface area contributed by atoms with Crippen molar-refractivity contribution in [3.05, 3.63) is 60.2 Å². The number of amides is 4. The summed E-state index contributed by atoms with van der Waals surface area (Å²) in [4.78, 5) is 37.7. The van der Waals surface area contributed by atoms with Crippen molar-refractivity contribution in [1.82, 2.24) is 10.6 Å². The van der Waals surface area contributed by atoms with Crippen LogP contribution in [0.5, 0.6) is 0 Å². The second-order valence-electron chi connectivity index (χ2n) is 6.25. The lowest BCUT2D eigenvalue weighted by molar-refractivity contribution is -0.121. The Labute approximate surface area is 157 Å². The summed E-state index contributed by atoms with van der Waals surface area (Å²) in [5.41, 5.74) is 2.29. The molecule has 27 heavy (non-hydrogen) atoms. The largest absolute Gasteiger partial charge is 0.370 e. The van der Waals surface area contributed by atoms with E-state index in [0.717, 1.165) is 24.2 Å². The fourth-order valence-electron chi connectivity index (χ4n) is 3.02. The maximum absolute atomic E-state index is 12.5. The Balaban J connectivity index is 1.78. The highest BCUT2D eigenvalue weighted by Gasteiger charge is 2.23. The second-order valence-corrected chi connectivity index (χ2v) is 6.25. The summed E-state index contributed by atoms with van der Waals surface area (Å²) in [7, 11) is 1.45. The van der Waals surface area contributed by atoms with Crippen LogP contribution in [-0.4, -0.2) is 31.4 Å². The van der Waals surface area contributed by atoms with Crippen LogP contribution in [0.25, 0.3) is 0 Å². The minimum atomic E-state index is -0.734. The Hall–Kier alpha value is -3.35. The molecule has 0 aromatic heterocycles. The quantitative estimate of drug-likeness (QED) is 0.758. The van der Waals surface area contributed by atoms with E-state index in [4.69, 9.17) is 0 Å². The van der Waals surface area contributed by atoms with Gasteiger partial charge in [0.2, 0.25) is 5.91 Å². The molecule has 1 heterocycles. The van der Waals surface area contributed by atoms with Crippen molar-refractivity contribution >= 4 is 29.2 Å². The Morgan fingerprint density at radius 2 is 1.74 bits per heavy atom. The van der Waals surface area contributed by atoms with Gasteiger partial charge in [-0.1, -0.05) is 30.3 Å². The van der Waals surface area contributed by atoms with Gasteiger partial charge in [0.15, 0.2) is 0 Å². The van der Waals surface area contributed by atoms with E-state index in [1.165, 1.54) is 7.05 Å². The van der Waals surface area contributed by atoms with Gasteiger partial charge in [0.05, 0.1) is 0 Å². The molecule has 2 aromatic carbocycles. The molecule has 0 spiro atoms. The Bertz CT molecular complexity index is 821. The van der Waals surface area contributed by atoms with E-state index in [0.29, 0.717) is 12.1 Å². The third-order valence-electron chi connectivity index (χ3n) is 4.42. The van der Waals surface area contributed by atoms with Crippen molar-refractivity contribution in [2.45, 2.75) is 18.9 Å². The van der Waals surface area contributed by atoms with Crippen LogP contribution in [0, 0.1) is 0 Å². The zero-order chi connectivity index (χ0) is 19.2. The third-order valence-corrected chi connectivity index (χ3v) is 4.42. The predicted octanol–water partition coefficient (Wildman–Crippen LogP) is 2.42. The molecule has 1 aliphatic heterocycles. The first-order valence-corrected chi connectivity index (χ1v) is 8.83. The van der Waals surface area contributed by atoms with E-state index in [1.807, 2.05) is 54.6 Å². The molecule has 1 saturated heterocycles. The van der Waals surface area contributed by atoms with Crippen molar-refractivity contribution in [1.29, 1.82) is 0 Å². The van der Waals surface area contributed by atoms with Gasteiger partial charge in [-0.15, -0.1) is 0 Å². The van der Waals surface area contributed by atoms with Gasteiger partial charge in [-0.05, 0) is 36.2 Å². The molecule has 0 aliphatic carbocycles. The molecule has 3 rings (SSSR count). The molecule has 4 amide bonds. The zero-order valence-corrected chi connectivity index (χ0v) is 15.1. The number of benzene rings is 2. The summed E-state index contributed by atoms with van der Waals surface area (Å²) >= 11 is 0. The standard InChI is InChI=1S/C20H22N4O3/c1-21-20(27)23-19(26)18(14-6-3-2-4-7-14)22-15-9-11-16(12-10-15)24-13-5-8-17(24)25/h2-4,6-7,9-12,18,22H,5,8,13H2,1H3,(H2,21,23,26,27)/t18-/m0/s1. The number of rotatable bonds is 5. The topological polar surface area (TPSA) is 90.5 Å². The van der Waals surface area contributed by atoms with E-state index in [-0.39, 0.29) is 5.91 Å². The minimum absolute atomic E-state index is 0.128. The lowest BCUT2D eigenvalue weighted by atomic mass is 10.1. The van der Waals surface area contributed by atoms with E-state index < -0.39 is 18.0 Å². The van der Waals surface area contributed by atoms with Gasteiger partial charge in [0.1, 0.15) is 6.04 Å². The zero-order valence-electron chi connectivity index (χ0n) is 15.1. The van der Waals surface area contributed by atoms with Crippen molar-refractivity contribution < 1.29 is 14.4 Å². The first kappa shape index (κ1) is 18.4. The van der Waals surface area contributed by atoms with Crippen molar-refractivity contribution in [3.8, 4) is 0 Å². The molecule has 1 aliphatic rings. The van der Waals surface area contributed by atoms with Gasteiger partial charge in [-0.25, -0.2) is 4.79 Å². The molecule has 1 fully saturated rings. The summed E-state index contributed by atoms with van der Waals surface area (Å²) in [6, 6.07) is 15.2. The summed E-state index contributed by atoms with van der Waals surface area (Å²) in [5, 5.41) is 7.84. The highest BCUT2D eigenvalue weighted by Crippen LogP contribution is 2.25. The number of nitrogens with zero attached hydrogens (tertiary/aromatic N) is 1. The number of carbonyl (C=O) groups excluding carboxylic acids is 3. The molecule has 3 N–H and O–H groups in total. The number of imide groups is 1. The van der Waals surface area contributed by atoms with Gasteiger partial charge >= 0.3 is 6.03 Å². The summed E-state index contributed by atoms with van der Waals surface area (Å²) in [6.07, 6.45) is 1.45. The van der Waals surface area contributed by atoms with Crippen LogP contribution in [0.2, 0.25) is 0 Å². The van der Waals surface area contributed by atoms with Crippen LogP contribution in [0.3, 0.4) is 0 Å². The van der Waals surface area contributed by atoms with Crippen LogP contribution in [0.15, 0.2) is 54.6 Å². The third kappa shape index (κ3) is 4.44. The van der Waals surface area contributed by atoms with E-state index in [2.05, 4.69) is 16.0 Å². The molecule has 140 valence electrons. The van der Waals surface area contributed by atoms with Crippen LogP contribution in [0.1, 0.15) is 24.4 Å². The SMILES string of the molecule is CNC(=O)NC(=O)[C@@H](Nc1ccc(N2CCCC2=O)cc1)c1ccccc1. The molecule has 2 aromatic rings. The number of nitrogens with one attached hydrogen (secondary N) is 3. The van der Waals surface area contributed by atoms with E-state index >= 15 is 0 Å². The van der Waals surface area contributed by atoms with Crippen LogP contribution < -0.4 is 20.9 Å². The Morgan fingerprint density at radius 3 is 2.33 bits per heavy atom. The smallest absolute Gasteiger partial charge is 0.321 e. The lowest BCUT2D eigenvalue weighted by Crippen LogP contribution is -2.42. The lowest BCUT2D eigenvalue weighted by Gasteiger charge is -2.21. The molecule has 1 atom stereocenters. The molecule has 7 nitrogen and oxygen atoms in total. The fourth-order valence-corrected chi connectivity index (χ4v) is 3.02. The predicted molar refractivity (Wildman–Crippen MR) is 103 cm³/mol. The first-order chi connectivity index (χ1) is 13.1. The highest BCUT2D eigenvalue weighted by atomic mass is 16.2. The Morgan fingerprint density at radius 1 is 1.04 bits per heavy atom. The van der Waals surface area contributed by atoms with Gasteiger partial charge in [0, 0.05) is 31.4 Å². The van der Waals surface area contributed by atoms with E-state index in [1.54, 1.807) is 4.90 Å². The molecular weight excluding hydrogens is 344 g/mol. The summed E-state index contributed by atoms with van der Waals surface area (Å²) < 4.78 is 0. The normalized spacial score (nSPS) is 14.6. The molecule has 0 bridgehead atoms. The number of hydrogen-bond acceptors (Lipinski definition) is 4. The minimum Gasteiger partial charge on any atom is -0.370 e.